The molecule has 1 radical (unpaired) electrons. The molecule has 9 nitrogen and oxygen atoms in total. The van der Waals surface area contributed by atoms with Crippen molar-refractivity contribution in [3.8, 4) is 0 Å². The van der Waals surface area contributed by atoms with Crippen molar-refractivity contribution in [1.82, 2.24) is 0 Å². The van der Waals surface area contributed by atoms with Crippen molar-refractivity contribution in [3.63, 3.8) is 0 Å². The molecule has 0 aliphatic heterocycles. The summed E-state index contributed by atoms with van der Waals surface area (Å²) in [5.41, 5.74) is 0. The molecule has 0 bridgehead atoms. The van der Waals surface area contributed by atoms with E-state index in [1.54, 1.807) is 24.3 Å². The molecule has 27 heavy (non-hydrogen) atoms. The molecule has 0 aromatic heterocycles. The quantitative estimate of drug-likeness (QED) is 0.286. The van der Waals surface area contributed by atoms with Crippen LogP contribution in [0.25, 0.3) is 21.5 Å². The molecule has 139 valence electrons. The summed E-state index contributed by atoms with van der Waals surface area (Å²) >= 11 is 0. The minimum Gasteiger partial charge on any atom is -0.282 e. The van der Waals surface area contributed by atoms with Crippen LogP contribution in [0.15, 0.2) is 57.2 Å². The van der Waals surface area contributed by atoms with Crippen molar-refractivity contribution < 1.29 is 88.8 Å². The first-order valence-corrected chi connectivity index (χ1v) is 11.0. The van der Waals surface area contributed by atoms with Crippen LogP contribution in [-0.4, -0.2) is 38.9 Å². The topological polar surface area (TPSA) is 163 Å². The van der Waals surface area contributed by atoms with E-state index in [4.69, 9.17) is 0 Å². The summed E-state index contributed by atoms with van der Waals surface area (Å²) in [6.45, 7) is 0. The zero-order chi connectivity index (χ0) is 19.5. The fourth-order valence-corrected chi connectivity index (χ4v) is 6.10. The van der Waals surface area contributed by atoms with Gasteiger partial charge in [0.15, 0.2) is 0 Å². The van der Waals surface area contributed by atoms with Gasteiger partial charge in [0, 0.05) is 55.3 Å². The van der Waals surface area contributed by atoms with Gasteiger partial charge in [-0.2, -0.15) is 25.3 Å². The van der Waals surface area contributed by atoms with E-state index in [1.165, 1.54) is 12.1 Å². The van der Waals surface area contributed by atoms with Gasteiger partial charge in [-0.3, -0.25) is 13.7 Å². The molecule has 3 rings (SSSR count). The molecule has 3 N–H and O–H groups in total. The van der Waals surface area contributed by atoms with Crippen LogP contribution < -0.4 is 0 Å². The number of benzene rings is 3. The Labute approximate surface area is 195 Å². The first-order chi connectivity index (χ1) is 11.8. The third kappa shape index (κ3) is 4.41. The fraction of sp³-hybridized carbons (Fsp3) is 0. The Morgan fingerprint density at radius 3 is 1.52 bits per heavy atom. The van der Waals surface area contributed by atoms with E-state index in [2.05, 4.69) is 0 Å². The largest absolute Gasteiger partial charge is 0.297 e. The predicted octanol–water partition coefficient (Wildman–Crippen LogP) is 1.73. The molecule has 3 aromatic carbocycles. The maximum atomic E-state index is 11.8. The third-order valence-electron chi connectivity index (χ3n) is 3.67. The summed E-state index contributed by atoms with van der Waals surface area (Å²) in [5.74, 6) is 0. The molecule has 13 heteroatoms. The van der Waals surface area contributed by atoms with Crippen molar-refractivity contribution in [3.05, 3.63) is 42.5 Å². The molecule has 0 fully saturated rings. The van der Waals surface area contributed by atoms with Crippen LogP contribution in [0.2, 0.25) is 0 Å². The number of fused-ring (bicyclic) bond motifs is 2. The van der Waals surface area contributed by atoms with Crippen LogP contribution in [0.5, 0.6) is 0 Å². The zero-order valence-electron chi connectivity index (χ0n) is 13.6. The second-order valence-electron chi connectivity index (χ2n) is 5.38. The molecule has 0 saturated heterocycles. The molecule has 0 amide bonds. The first-order valence-electron chi connectivity index (χ1n) is 6.72. The Hall–Kier alpha value is -0.493. The summed E-state index contributed by atoms with van der Waals surface area (Å²) in [4.78, 5) is -4.32. The van der Waals surface area contributed by atoms with Gasteiger partial charge in [0.2, 0.25) is 0 Å². The van der Waals surface area contributed by atoms with Crippen molar-refractivity contribution in [1.29, 1.82) is 0 Å². The van der Waals surface area contributed by atoms with Gasteiger partial charge in [-0.15, -0.1) is 0 Å². The molecule has 0 heterocycles. The summed E-state index contributed by atoms with van der Waals surface area (Å²) in [7, 11) is -16.0. The van der Waals surface area contributed by atoms with E-state index in [0.717, 1.165) is 0 Å². The Morgan fingerprint density at radius 2 is 1.07 bits per heavy atom. The maximum Gasteiger partial charge on any atom is 0.297 e. The molecule has 0 atom stereocenters. The van der Waals surface area contributed by atoms with Crippen LogP contribution in [-0.2, 0) is 30.4 Å². The average molecular weight is 641 g/mol. The maximum absolute atomic E-state index is 11.8. The normalized spacial score (nSPS) is 12.9. The minimum absolute atomic E-state index is 0. The van der Waals surface area contributed by atoms with E-state index < -0.39 is 45.0 Å². The summed E-state index contributed by atoms with van der Waals surface area (Å²) < 4.78 is 98.4. The number of hydrogen-bond donors (Lipinski definition) is 3. The van der Waals surface area contributed by atoms with Crippen molar-refractivity contribution in [2.75, 3.05) is 0 Å². The van der Waals surface area contributed by atoms with Gasteiger partial charge in [-0.25, -0.2) is 0 Å². The molecule has 0 aliphatic carbocycles. The Morgan fingerprint density at radius 1 is 0.593 bits per heavy atom. The molecule has 0 unspecified atom stereocenters. The second kappa shape index (κ2) is 7.40. The van der Waals surface area contributed by atoms with Gasteiger partial charge >= 0.3 is 0 Å². The molecule has 0 spiro atoms. The number of hydrogen-bond acceptors (Lipinski definition) is 6. The van der Waals surface area contributed by atoms with E-state index in [-0.39, 0.29) is 60.6 Å². The van der Waals surface area contributed by atoms with Crippen molar-refractivity contribution in [2.24, 2.45) is 0 Å². The van der Waals surface area contributed by atoms with Gasteiger partial charge < -0.3 is 0 Å². The van der Waals surface area contributed by atoms with Gasteiger partial charge in [-0.05, 0) is 34.4 Å². The summed E-state index contributed by atoms with van der Waals surface area (Å²) in [6, 6.07) is 9.76. The van der Waals surface area contributed by atoms with Crippen LogP contribution in [0.3, 0.4) is 0 Å². The van der Waals surface area contributed by atoms with Gasteiger partial charge in [0.1, 0.15) is 14.7 Å². The minimum atomic E-state index is -5.45. The van der Waals surface area contributed by atoms with Crippen molar-refractivity contribution in [2.45, 2.75) is 14.7 Å². The Balaban J connectivity index is 0.00000261. The SMILES string of the molecule is O=S(=O)(O)c1cc2cc3ccccc3cc2c(S(=O)(=O)O)c1S(=O)(=O)O.[Fr]. The molecule has 0 saturated carbocycles. The average Bonchev–Trinajstić information content (AvgIpc) is 2.48. The van der Waals surface area contributed by atoms with Crippen LogP contribution >= 0.6 is 0 Å². The van der Waals surface area contributed by atoms with E-state index in [0.29, 0.717) is 16.8 Å². The molecular weight excluding hydrogens is 631 g/mol. The second-order valence-corrected chi connectivity index (χ2v) is 9.49. The van der Waals surface area contributed by atoms with E-state index in [1.807, 2.05) is 0 Å². The Bertz CT molecular complexity index is 1390. The fourth-order valence-electron chi connectivity index (χ4n) is 2.71. The monoisotopic (exact) mass is 641 g/mol. The van der Waals surface area contributed by atoms with E-state index >= 15 is 0 Å². The van der Waals surface area contributed by atoms with Gasteiger partial charge in [-0.1, -0.05) is 24.3 Å². The predicted molar refractivity (Wildman–Crippen MR) is 90.9 cm³/mol. The van der Waals surface area contributed by atoms with Crippen LogP contribution in [0, 0.1) is 49.9 Å². The third-order valence-corrected chi connectivity index (χ3v) is 6.69. The van der Waals surface area contributed by atoms with Gasteiger partial charge in [0.05, 0.1) is 0 Å². The molecular formula is C14H10FrO9S3. The molecule has 0 aliphatic rings. The van der Waals surface area contributed by atoms with Crippen LogP contribution in [0.4, 0.5) is 0 Å². The summed E-state index contributed by atoms with van der Waals surface area (Å²) in [5, 5.41) is 0.593. The van der Waals surface area contributed by atoms with Crippen molar-refractivity contribution >= 4 is 51.9 Å². The zero-order valence-corrected chi connectivity index (χ0v) is 24.2. The van der Waals surface area contributed by atoms with Gasteiger partial charge in [0.25, 0.3) is 30.4 Å². The summed E-state index contributed by atoms with van der Waals surface area (Å²) in [6.07, 6.45) is 0. The van der Waals surface area contributed by atoms with E-state index in [9.17, 15) is 38.9 Å². The van der Waals surface area contributed by atoms with Crippen LogP contribution in [0.1, 0.15) is 0 Å². The first kappa shape index (κ1) is 22.8. The molecule has 3 aromatic rings. The standard InChI is InChI=1S/C14H10O9S3.Fr/c15-24(16,17)12-7-10-5-8-3-1-2-4-9(8)6-11(10)13(25(18,19)20)14(12)26(21,22)23;/h1-7H,(H,15,16,17)(H,18,19,20)(H,21,22,23);. The smallest absolute Gasteiger partial charge is 0.282 e. The Kier molecular flexibility index (Phi) is 6.25. The number of rotatable bonds is 3.